The number of piperidine rings is 1. The smallest absolute Gasteiger partial charge is 0.259 e. The molecule has 2 aromatic heterocycles. The summed E-state index contributed by atoms with van der Waals surface area (Å²) in [5.74, 6) is 1.84. The van der Waals surface area contributed by atoms with E-state index in [0.29, 0.717) is 23.4 Å². The van der Waals surface area contributed by atoms with Crippen LogP contribution in [-0.4, -0.2) is 52.7 Å². The number of fused-ring (bicyclic) bond motifs is 3. The van der Waals surface area contributed by atoms with Gasteiger partial charge in [-0.1, -0.05) is 0 Å². The second-order valence-corrected chi connectivity index (χ2v) is 9.08. The van der Waals surface area contributed by atoms with Gasteiger partial charge >= 0.3 is 0 Å². The van der Waals surface area contributed by atoms with Crippen molar-refractivity contribution in [3.05, 3.63) is 26.6 Å². The number of carbonyl (C=O) groups excluding carboxylic acids is 1. The van der Waals surface area contributed by atoms with E-state index in [4.69, 9.17) is 0 Å². The Morgan fingerprint density at radius 2 is 2.31 bits per heavy atom. The van der Waals surface area contributed by atoms with Crippen molar-refractivity contribution in [2.24, 2.45) is 0 Å². The summed E-state index contributed by atoms with van der Waals surface area (Å²) in [7, 11) is 1.95. The average Bonchev–Trinajstić information content (AvgIpc) is 3.22. The summed E-state index contributed by atoms with van der Waals surface area (Å²) in [5.41, 5.74) is 1.18. The van der Waals surface area contributed by atoms with Crippen molar-refractivity contribution in [1.82, 2.24) is 20.2 Å². The van der Waals surface area contributed by atoms with Gasteiger partial charge in [-0.05, 0) is 44.7 Å². The minimum atomic E-state index is -0.0239. The maximum absolute atomic E-state index is 12.5. The first-order chi connectivity index (χ1) is 12.7. The number of thiophene rings is 1. The Morgan fingerprint density at radius 1 is 1.42 bits per heavy atom. The van der Waals surface area contributed by atoms with Crippen LogP contribution in [0.1, 0.15) is 35.5 Å². The Balaban J connectivity index is 1.38. The standard InChI is InChI=1S/C18H24N4O2S2/c1-19-11-4-3-7-22(8-11)15(23)10-25-9-14-20-17(24)16-12-5-2-6-13(12)26-18(16)21-14/h11,19H,2-10H2,1H3,(H,20,21,24). The monoisotopic (exact) mass is 392 g/mol. The van der Waals surface area contributed by atoms with Crippen molar-refractivity contribution in [3.8, 4) is 0 Å². The molecule has 0 saturated carbocycles. The SMILES string of the molecule is CNC1CCCN(C(=O)CSCc2nc3sc4c(c3c(=O)[nH]2)CCC4)C1. The lowest BCUT2D eigenvalue weighted by Gasteiger charge is -2.32. The van der Waals surface area contributed by atoms with Crippen LogP contribution >= 0.6 is 23.1 Å². The molecule has 4 rings (SSSR count). The number of carbonyl (C=O) groups is 1. The van der Waals surface area contributed by atoms with Crippen molar-refractivity contribution in [1.29, 1.82) is 0 Å². The number of aromatic nitrogens is 2. The molecule has 0 spiro atoms. The normalized spacial score (nSPS) is 19.9. The Morgan fingerprint density at radius 3 is 3.15 bits per heavy atom. The fraction of sp³-hybridized carbons (Fsp3) is 0.611. The highest BCUT2D eigenvalue weighted by Gasteiger charge is 2.23. The number of hydrogen-bond donors (Lipinski definition) is 2. The third-order valence-corrected chi connectivity index (χ3v) is 7.39. The summed E-state index contributed by atoms with van der Waals surface area (Å²) in [6, 6.07) is 0.402. The molecule has 1 amide bonds. The van der Waals surface area contributed by atoms with Crippen LogP contribution < -0.4 is 10.9 Å². The highest BCUT2D eigenvalue weighted by molar-refractivity contribution is 7.99. The van der Waals surface area contributed by atoms with Gasteiger partial charge in [-0.25, -0.2) is 4.98 Å². The summed E-state index contributed by atoms with van der Waals surface area (Å²) < 4.78 is 0. The average molecular weight is 393 g/mol. The molecule has 1 saturated heterocycles. The molecule has 26 heavy (non-hydrogen) atoms. The van der Waals surface area contributed by atoms with Gasteiger partial charge in [-0.3, -0.25) is 9.59 Å². The highest BCUT2D eigenvalue weighted by Crippen LogP contribution is 2.34. The van der Waals surface area contributed by atoms with Crippen LogP contribution in [0.3, 0.4) is 0 Å². The molecule has 1 fully saturated rings. The zero-order valence-electron chi connectivity index (χ0n) is 15.0. The fourth-order valence-electron chi connectivity index (χ4n) is 3.88. The topological polar surface area (TPSA) is 78.1 Å². The van der Waals surface area contributed by atoms with Crippen LogP contribution in [0.2, 0.25) is 0 Å². The van der Waals surface area contributed by atoms with E-state index in [0.717, 1.165) is 55.4 Å². The number of likely N-dealkylation sites (N-methyl/N-ethyl adjacent to an activating group) is 1. The minimum absolute atomic E-state index is 0.0239. The van der Waals surface area contributed by atoms with Gasteiger partial charge in [0.05, 0.1) is 16.9 Å². The van der Waals surface area contributed by atoms with Crippen molar-refractivity contribution in [2.45, 2.75) is 43.9 Å². The van der Waals surface area contributed by atoms with E-state index < -0.39 is 0 Å². The third-order valence-electron chi connectivity index (χ3n) is 5.27. The molecular formula is C18H24N4O2S2. The summed E-state index contributed by atoms with van der Waals surface area (Å²) in [4.78, 5) is 36.5. The Labute approximate surface area is 160 Å². The van der Waals surface area contributed by atoms with E-state index in [2.05, 4.69) is 15.3 Å². The summed E-state index contributed by atoms with van der Waals surface area (Å²) in [6.07, 6.45) is 5.38. The number of nitrogens with one attached hydrogen (secondary N) is 2. The van der Waals surface area contributed by atoms with E-state index >= 15 is 0 Å². The Hall–Kier alpha value is -1.38. The van der Waals surface area contributed by atoms with E-state index in [1.807, 2.05) is 11.9 Å². The molecule has 1 unspecified atom stereocenters. The molecule has 0 radical (unpaired) electrons. The second-order valence-electron chi connectivity index (χ2n) is 7.01. The zero-order valence-corrected chi connectivity index (χ0v) is 16.6. The molecule has 140 valence electrons. The number of aromatic amines is 1. The molecule has 0 bridgehead atoms. The Bertz CT molecular complexity index is 876. The number of hydrogen-bond acceptors (Lipinski definition) is 6. The number of aryl methyl sites for hydroxylation is 2. The summed E-state index contributed by atoms with van der Waals surface area (Å²) in [5, 5.41) is 4.05. The van der Waals surface area contributed by atoms with E-state index in [1.165, 1.54) is 22.2 Å². The quantitative estimate of drug-likeness (QED) is 0.813. The van der Waals surface area contributed by atoms with E-state index in [9.17, 15) is 9.59 Å². The largest absolute Gasteiger partial charge is 0.340 e. The molecule has 1 atom stereocenters. The molecule has 1 aliphatic heterocycles. The summed E-state index contributed by atoms with van der Waals surface area (Å²) in [6.45, 7) is 1.64. The first kappa shape index (κ1) is 18.0. The van der Waals surface area contributed by atoms with E-state index in [-0.39, 0.29) is 11.5 Å². The van der Waals surface area contributed by atoms with Gasteiger partial charge in [0.1, 0.15) is 10.7 Å². The summed E-state index contributed by atoms with van der Waals surface area (Å²) >= 11 is 3.18. The lowest BCUT2D eigenvalue weighted by molar-refractivity contribution is -0.129. The number of likely N-dealkylation sites (tertiary alicyclic amines) is 1. The molecular weight excluding hydrogens is 368 g/mol. The lowest BCUT2D eigenvalue weighted by atomic mass is 10.1. The number of amides is 1. The van der Waals surface area contributed by atoms with Crippen LogP contribution in [0, 0.1) is 0 Å². The highest BCUT2D eigenvalue weighted by atomic mass is 32.2. The van der Waals surface area contributed by atoms with Gasteiger partial charge in [0.25, 0.3) is 5.56 Å². The van der Waals surface area contributed by atoms with Crippen LogP contribution in [0.25, 0.3) is 10.2 Å². The maximum Gasteiger partial charge on any atom is 0.259 e. The van der Waals surface area contributed by atoms with Crippen molar-refractivity contribution >= 4 is 39.2 Å². The fourth-order valence-corrected chi connectivity index (χ4v) is 5.95. The maximum atomic E-state index is 12.5. The lowest BCUT2D eigenvalue weighted by Crippen LogP contribution is -2.47. The van der Waals surface area contributed by atoms with Crippen LogP contribution in [-0.2, 0) is 23.4 Å². The van der Waals surface area contributed by atoms with E-state index in [1.54, 1.807) is 11.3 Å². The van der Waals surface area contributed by atoms with Crippen LogP contribution in [0.5, 0.6) is 0 Å². The molecule has 3 heterocycles. The van der Waals surface area contributed by atoms with Gasteiger partial charge in [-0.2, -0.15) is 0 Å². The van der Waals surface area contributed by atoms with Gasteiger partial charge in [0.2, 0.25) is 5.91 Å². The Kier molecular flexibility index (Phi) is 5.33. The number of rotatable bonds is 5. The van der Waals surface area contributed by atoms with Gasteiger partial charge in [-0.15, -0.1) is 23.1 Å². The first-order valence-electron chi connectivity index (χ1n) is 9.22. The second kappa shape index (κ2) is 7.70. The minimum Gasteiger partial charge on any atom is -0.340 e. The molecule has 2 aliphatic rings. The number of thioether (sulfide) groups is 1. The van der Waals surface area contributed by atoms with Crippen molar-refractivity contribution in [2.75, 3.05) is 25.9 Å². The molecule has 0 aromatic carbocycles. The van der Waals surface area contributed by atoms with Crippen LogP contribution in [0.4, 0.5) is 0 Å². The van der Waals surface area contributed by atoms with Gasteiger partial charge in [0.15, 0.2) is 0 Å². The predicted octanol–water partition coefficient (Wildman–Crippen LogP) is 1.92. The predicted molar refractivity (Wildman–Crippen MR) is 107 cm³/mol. The number of H-pyrrole nitrogens is 1. The molecule has 2 N–H and O–H groups in total. The van der Waals surface area contributed by atoms with Crippen molar-refractivity contribution in [3.63, 3.8) is 0 Å². The molecule has 6 nitrogen and oxygen atoms in total. The number of nitrogens with zero attached hydrogens (tertiary/aromatic N) is 2. The molecule has 1 aliphatic carbocycles. The van der Waals surface area contributed by atoms with Crippen LogP contribution in [0.15, 0.2) is 4.79 Å². The molecule has 8 heteroatoms. The van der Waals surface area contributed by atoms with Gasteiger partial charge < -0.3 is 15.2 Å². The first-order valence-corrected chi connectivity index (χ1v) is 11.2. The zero-order chi connectivity index (χ0) is 18.1. The van der Waals surface area contributed by atoms with Gasteiger partial charge in [0, 0.05) is 24.0 Å². The molecule has 2 aromatic rings. The third kappa shape index (κ3) is 3.54. The van der Waals surface area contributed by atoms with Crippen molar-refractivity contribution < 1.29 is 4.79 Å².